The number of nitrogens with zero attached hydrogens (tertiary/aromatic N) is 2. The largest absolute Gasteiger partial charge is 0.454 e. The molecule has 0 saturated carbocycles. The summed E-state index contributed by atoms with van der Waals surface area (Å²) in [6, 6.07) is 12.1. The second kappa shape index (κ2) is 6.40. The molecule has 31 heavy (non-hydrogen) atoms. The van der Waals surface area contributed by atoms with Crippen LogP contribution in [0.15, 0.2) is 54.9 Å². The second-order valence-corrected chi connectivity index (χ2v) is 7.61. The number of carbonyl (C=O) groups excluding carboxylic acids is 3. The minimum Gasteiger partial charge on any atom is -0.454 e. The van der Waals surface area contributed by atoms with E-state index in [0.717, 1.165) is 21.8 Å². The normalized spacial score (nSPS) is 18.1. The molecule has 2 N–H and O–H groups in total. The number of fused-ring (bicyclic) bond motifs is 1. The summed E-state index contributed by atoms with van der Waals surface area (Å²) < 4.78 is 6.21. The molecule has 1 fully saturated rings. The van der Waals surface area contributed by atoms with Crippen LogP contribution in [-0.4, -0.2) is 33.7 Å². The van der Waals surface area contributed by atoms with E-state index >= 15 is 0 Å². The Labute approximate surface area is 175 Å². The monoisotopic (exact) mass is 412 g/mol. The van der Waals surface area contributed by atoms with Gasteiger partial charge in [0.15, 0.2) is 5.75 Å². The number of amides is 3. The van der Waals surface area contributed by atoms with Crippen molar-refractivity contribution in [3.8, 4) is 11.5 Å². The number of H-pyrrole nitrogens is 1. The summed E-state index contributed by atoms with van der Waals surface area (Å²) in [5.74, 6) is 0.228. The van der Waals surface area contributed by atoms with Crippen molar-refractivity contribution in [2.24, 2.45) is 0 Å². The Morgan fingerprint density at radius 1 is 1.00 bits per heavy atom. The molecule has 4 heterocycles. The number of benzene rings is 2. The molecule has 4 aromatic rings. The number of ether oxygens (including phenoxy) is 1. The topological polar surface area (TPSA) is 104 Å². The molecule has 2 aliphatic heterocycles. The first kappa shape index (κ1) is 17.6. The van der Waals surface area contributed by atoms with E-state index in [1.54, 1.807) is 36.7 Å². The zero-order valence-electron chi connectivity index (χ0n) is 16.2. The van der Waals surface area contributed by atoms with Crippen LogP contribution < -0.4 is 15.0 Å². The van der Waals surface area contributed by atoms with Gasteiger partial charge in [0.05, 0.1) is 11.1 Å². The van der Waals surface area contributed by atoms with Crippen LogP contribution in [0, 0.1) is 0 Å². The van der Waals surface area contributed by atoms with Gasteiger partial charge >= 0.3 is 0 Å². The molecule has 152 valence electrons. The van der Waals surface area contributed by atoms with Gasteiger partial charge in [-0.15, -0.1) is 0 Å². The SMILES string of the molecule is O=C1CCC(N2C(=O)c3cccc4c(Oc5c[nH]c6ncccc56)ccc2c34)C(=O)N1. The Hall–Kier alpha value is -4.20. The third kappa shape index (κ3) is 2.54. The summed E-state index contributed by atoms with van der Waals surface area (Å²) in [6.07, 6.45) is 3.96. The van der Waals surface area contributed by atoms with Crippen LogP contribution >= 0.6 is 0 Å². The first-order valence-corrected chi connectivity index (χ1v) is 9.95. The number of hydrogen-bond acceptors (Lipinski definition) is 5. The lowest BCUT2D eigenvalue weighted by Crippen LogP contribution is -2.53. The van der Waals surface area contributed by atoms with E-state index in [4.69, 9.17) is 4.74 Å². The number of carbonyl (C=O) groups is 3. The van der Waals surface area contributed by atoms with Gasteiger partial charge in [-0.25, -0.2) is 4.98 Å². The van der Waals surface area contributed by atoms with Crippen LogP contribution in [0.25, 0.3) is 21.8 Å². The first-order chi connectivity index (χ1) is 15.1. The zero-order chi connectivity index (χ0) is 21.1. The third-order valence-electron chi connectivity index (χ3n) is 5.84. The second-order valence-electron chi connectivity index (χ2n) is 7.61. The maximum Gasteiger partial charge on any atom is 0.259 e. The van der Waals surface area contributed by atoms with Crippen LogP contribution in [0.3, 0.4) is 0 Å². The highest BCUT2D eigenvalue weighted by atomic mass is 16.5. The van der Waals surface area contributed by atoms with E-state index in [9.17, 15) is 14.4 Å². The average molecular weight is 412 g/mol. The first-order valence-electron chi connectivity index (χ1n) is 9.95. The lowest BCUT2D eigenvalue weighted by molar-refractivity contribution is -0.134. The van der Waals surface area contributed by atoms with E-state index < -0.39 is 11.9 Å². The molecule has 8 heteroatoms. The summed E-state index contributed by atoms with van der Waals surface area (Å²) >= 11 is 0. The van der Waals surface area contributed by atoms with Crippen molar-refractivity contribution in [1.29, 1.82) is 0 Å². The number of piperidine rings is 1. The Morgan fingerprint density at radius 3 is 2.74 bits per heavy atom. The molecule has 2 aliphatic rings. The molecular formula is C23H16N4O4. The highest BCUT2D eigenvalue weighted by molar-refractivity contribution is 6.27. The number of aromatic amines is 1. The standard InChI is InChI=1S/C23H16N4O4/c28-19-9-7-16(22(29)26-19)27-15-6-8-17(12-3-1-4-14(20(12)15)23(27)30)31-18-11-25-21-13(18)5-2-10-24-21/h1-6,8,10-11,16H,7,9H2,(H,24,25)(H,26,28,29). The molecule has 1 atom stereocenters. The van der Waals surface area contributed by atoms with Gasteiger partial charge in [0.2, 0.25) is 11.8 Å². The highest BCUT2D eigenvalue weighted by Gasteiger charge is 2.41. The number of imide groups is 1. The van der Waals surface area contributed by atoms with Crippen molar-refractivity contribution in [1.82, 2.24) is 15.3 Å². The minimum absolute atomic E-state index is 0.204. The van der Waals surface area contributed by atoms with Crippen LogP contribution in [-0.2, 0) is 9.59 Å². The van der Waals surface area contributed by atoms with Crippen LogP contribution in [0.5, 0.6) is 11.5 Å². The fraction of sp³-hybridized carbons (Fsp3) is 0.130. The van der Waals surface area contributed by atoms with Crippen LogP contribution in [0.2, 0.25) is 0 Å². The Morgan fingerprint density at radius 2 is 1.87 bits per heavy atom. The fourth-order valence-corrected chi connectivity index (χ4v) is 4.44. The van der Waals surface area contributed by atoms with Gasteiger partial charge in [0.1, 0.15) is 17.4 Å². The van der Waals surface area contributed by atoms with Crippen LogP contribution in [0.1, 0.15) is 23.2 Å². The van der Waals surface area contributed by atoms with Crippen molar-refractivity contribution >= 4 is 45.2 Å². The van der Waals surface area contributed by atoms with E-state index in [-0.39, 0.29) is 18.2 Å². The summed E-state index contributed by atoms with van der Waals surface area (Å²) in [6.45, 7) is 0. The third-order valence-corrected chi connectivity index (χ3v) is 5.84. The Bertz CT molecular complexity index is 1420. The summed E-state index contributed by atoms with van der Waals surface area (Å²) in [7, 11) is 0. The number of nitrogens with one attached hydrogen (secondary N) is 2. The smallest absolute Gasteiger partial charge is 0.259 e. The van der Waals surface area contributed by atoms with Crippen molar-refractivity contribution < 1.29 is 19.1 Å². The molecule has 1 unspecified atom stereocenters. The average Bonchev–Trinajstić information content (AvgIpc) is 3.31. The van der Waals surface area contributed by atoms with Gasteiger partial charge in [-0.05, 0) is 36.8 Å². The number of aromatic nitrogens is 2. The van der Waals surface area contributed by atoms with E-state index in [1.807, 2.05) is 18.2 Å². The zero-order valence-corrected chi connectivity index (χ0v) is 16.2. The molecule has 0 bridgehead atoms. The van der Waals surface area contributed by atoms with E-state index in [2.05, 4.69) is 15.3 Å². The van der Waals surface area contributed by atoms with Crippen molar-refractivity contribution in [2.45, 2.75) is 18.9 Å². The lowest BCUT2D eigenvalue weighted by Gasteiger charge is -2.30. The Balaban J connectivity index is 1.46. The predicted octanol–water partition coefficient (Wildman–Crippen LogP) is 3.27. The molecule has 2 aromatic heterocycles. The predicted molar refractivity (Wildman–Crippen MR) is 113 cm³/mol. The van der Waals surface area contributed by atoms with Gasteiger partial charge in [-0.3, -0.25) is 24.6 Å². The minimum atomic E-state index is -0.715. The number of pyridine rings is 1. The van der Waals surface area contributed by atoms with Gasteiger partial charge in [0.25, 0.3) is 5.91 Å². The molecule has 0 radical (unpaired) electrons. The van der Waals surface area contributed by atoms with E-state index in [1.165, 1.54) is 4.90 Å². The number of hydrogen-bond donors (Lipinski definition) is 2. The maximum absolute atomic E-state index is 13.2. The van der Waals surface area contributed by atoms with E-state index in [0.29, 0.717) is 29.2 Å². The molecule has 3 amide bonds. The number of rotatable bonds is 3. The molecule has 0 spiro atoms. The number of anilines is 1. The van der Waals surface area contributed by atoms with Gasteiger partial charge in [-0.2, -0.15) is 0 Å². The molecular weight excluding hydrogens is 396 g/mol. The molecule has 0 aliphatic carbocycles. The van der Waals surface area contributed by atoms with Crippen LogP contribution in [0.4, 0.5) is 5.69 Å². The quantitative estimate of drug-likeness (QED) is 0.503. The molecule has 8 nitrogen and oxygen atoms in total. The van der Waals surface area contributed by atoms with Crippen molar-refractivity contribution in [2.75, 3.05) is 4.90 Å². The summed E-state index contributed by atoms with van der Waals surface area (Å²) in [5.41, 5.74) is 1.89. The highest BCUT2D eigenvalue weighted by Crippen LogP contribution is 2.44. The van der Waals surface area contributed by atoms with Gasteiger partial charge < -0.3 is 9.72 Å². The molecule has 1 saturated heterocycles. The van der Waals surface area contributed by atoms with Crippen molar-refractivity contribution in [3.63, 3.8) is 0 Å². The van der Waals surface area contributed by atoms with Gasteiger partial charge in [-0.1, -0.05) is 12.1 Å². The molecule has 6 rings (SSSR count). The Kier molecular flexibility index (Phi) is 3.64. The summed E-state index contributed by atoms with van der Waals surface area (Å²) in [5, 5.41) is 4.71. The maximum atomic E-state index is 13.2. The molecule has 2 aromatic carbocycles. The lowest BCUT2D eigenvalue weighted by atomic mass is 10.0. The summed E-state index contributed by atoms with van der Waals surface area (Å²) in [4.78, 5) is 46.1. The van der Waals surface area contributed by atoms with Crippen molar-refractivity contribution in [3.05, 3.63) is 60.4 Å². The van der Waals surface area contributed by atoms with Gasteiger partial charge in [0, 0.05) is 35.2 Å². The fourth-order valence-electron chi connectivity index (χ4n) is 4.44.